The molecule has 6 nitrogen and oxygen atoms in total. The maximum atomic E-state index is 11.4. The van der Waals surface area contributed by atoms with Gasteiger partial charge < -0.3 is 10.4 Å². The fourth-order valence-corrected chi connectivity index (χ4v) is 1.99. The van der Waals surface area contributed by atoms with Crippen LogP contribution in [0.15, 0.2) is 0 Å². The first kappa shape index (κ1) is 12.9. The molecule has 0 bridgehead atoms. The summed E-state index contributed by atoms with van der Waals surface area (Å²) in [5.74, 6) is 0.0460. The van der Waals surface area contributed by atoms with Crippen molar-refractivity contribution in [2.75, 3.05) is 26.7 Å². The summed E-state index contributed by atoms with van der Waals surface area (Å²) in [6.45, 7) is 3.04. The van der Waals surface area contributed by atoms with Gasteiger partial charge >= 0.3 is 6.03 Å². The number of nitrogens with zero attached hydrogens (tertiary/aromatic N) is 1. The Morgan fingerprint density at radius 2 is 2.19 bits per heavy atom. The van der Waals surface area contributed by atoms with Crippen molar-refractivity contribution >= 4 is 11.9 Å². The zero-order chi connectivity index (χ0) is 12.1. The van der Waals surface area contributed by atoms with E-state index >= 15 is 0 Å². The Morgan fingerprint density at radius 1 is 1.50 bits per heavy atom. The van der Waals surface area contributed by atoms with Crippen molar-refractivity contribution < 1.29 is 14.7 Å². The molecule has 0 spiro atoms. The molecule has 1 aliphatic rings. The molecule has 0 saturated carbocycles. The predicted molar refractivity (Wildman–Crippen MR) is 58.8 cm³/mol. The summed E-state index contributed by atoms with van der Waals surface area (Å²) in [5.41, 5.74) is 0. The van der Waals surface area contributed by atoms with Crippen molar-refractivity contribution in [1.29, 1.82) is 0 Å². The van der Waals surface area contributed by atoms with Gasteiger partial charge in [-0.15, -0.1) is 0 Å². The van der Waals surface area contributed by atoms with Gasteiger partial charge in [0.2, 0.25) is 5.91 Å². The summed E-state index contributed by atoms with van der Waals surface area (Å²) < 4.78 is 0. The predicted octanol–water partition coefficient (Wildman–Crippen LogP) is -0.855. The third-order valence-electron chi connectivity index (χ3n) is 3.01. The zero-order valence-electron chi connectivity index (χ0n) is 9.69. The van der Waals surface area contributed by atoms with Gasteiger partial charge in [0.15, 0.2) is 0 Å². The van der Waals surface area contributed by atoms with Crippen LogP contribution in [0.25, 0.3) is 0 Å². The van der Waals surface area contributed by atoms with E-state index < -0.39 is 6.03 Å². The molecule has 1 rings (SSSR count). The van der Waals surface area contributed by atoms with E-state index in [1.165, 1.54) is 7.05 Å². The number of nitrogens with one attached hydrogen (secondary N) is 2. The molecular weight excluding hydrogens is 210 g/mol. The van der Waals surface area contributed by atoms with E-state index in [1.54, 1.807) is 0 Å². The van der Waals surface area contributed by atoms with Crippen LogP contribution >= 0.6 is 0 Å². The molecule has 0 radical (unpaired) electrons. The largest absolute Gasteiger partial charge is 0.395 e. The number of aliphatic hydroxyl groups excluding tert-OH is 1. The number of hydrogen-bond acceptors (Lipinski definition) is 4. The second-order valence-electron chi connectivity index (χ2n) is 4.11. The van der Waals surface area contributed by atoms with Crippen molar-refractivity contribution in [2.24, 2.45) is 5.92 Å². The standard InChI is InChI=1S/C10H19N3O3/c1-7-3-4-13(8(7)6-14)5-9(15)12-10(16)11-2/h7-8,14H,3-6H2,1-2H3,(H2,11,12,15,16). The molecule has 0 aromatic carbocycles. The van der Waals surface area contributed by atoms with Crippen molar-refractivity contribution in [3.63, 3.8) is 0 Å². The number of carbonyl (C=O) groups is 2. The lowest BCUT2D eigenvalue weighted by Gasteiger charge is -2.23. The second kappa shape index (κ2) is 5.81. The first-order valence-corrected chi connectivity index (χ1v) is 5.45. The van der Waals surface area contributed by atoms with E-state index in [0.29, 0.717) is 5.92 Å². The van der Waals surface area contributed by atoms with Gasteiger partial charge in [-0.25, -0.2) is 4.79 Å². The molecule has 2 unspecified atom stereocenters. The van der Waals surface area contributed by atoms with E-state index in [1.807, 2.05) is 4.90 Å². The molecule has 1 saturated heterocycles. The van der Waals surface area contributed by atoms with E-state index in [0.717, 1.165) is 13.0 Å². The van der Waals surface area contributed by atoms with Crippen molar-refractivity contribution in [2.45, 2.75) is 19.4 Å². The number of likely N-dealkylation sites (tertiary alicyclic amines) is 1. The molecule has 3 amide bonds. The van der Waals surface area contributed by atoms with Crippen LogP contribution in [0, 0.1) is 5.92 Å². The Labute approximate surface area is 95.0 Å². The highest BCUT2D eigenvalue weighted by Gasteiger charge is 2.31. The molecule has 92 valence electrons. The molecule has 2 atom stereocenters. The average molecular weight is 229 g/mol. The quantitative estimate of drug-likeness (QED) is 0.588. The van der Waals surface area contributed by atoms with Gasteiger partial charge in [-0.3, -0.25) is 15.0 Å². The highest BCUT2D eigenvalue weighted by atomic mass is 16.3. The molecule has 3 N–H and O–H groups in total. The Bertz CT molecular complexity index is 270. The lowest BCUT2D eigenvalue weighted by Crippen LogP contribution is -2.46. The third-order valence-corrected chi connectivity index (χ3v) is 3.01. The van der Waals surface area contributed by atoms with Crippen LogP contribution in [0.5, 0.6) is 0 Å². The summed E-state index contributed by atoms with van der Waals surface area (Å²) in [5, 5.41) is 13.7. The highest BCUT2D eigenvalue weighted by Crippen LogP contribution is 2.22. The van der Waals surface area contributed by atoms with Crippen molar-refractivity contribution in [3.05, 3.63) is 0 Å². The Hall–Kier alpha value is -1.14. The minimum atomic E-state index is -0.502. The van der Waals surface area contributed by atoms with Gasteiger partial charge in [0.25, 0.3) is 0 Å². The zero-order valence-corrected chi connectivity index (χ0v) is 9.69. The van der Waals surface area contributed by atoms with Crippen LogP contribution in [0.1, 0.15) is 13.3 Å². The van der Waals surface area contributed by atoms with E-state index in [-0.39, 0.29) is 25.1 Å². The molecule has 1 aliphatic heterocycles. The third kappa shape index (κ3) is 3.18. The van der Waals surface area contributed by atoms with Crippen LogP contribution in [-0.2, 0) is 4.79 Å². The van der Waals surface area contributed by atoms with Gasteiger partial charge in [-0.05, 0) is 18.9 Å². The number of amides is 3. The van der Waals surface area contributed by atoms with E-state index in [2.05, 4.69) is 17.6 Å². The maximum absolute atomic E-state index is 11.4. The Kier molecular flexibility index (Phi) is 4.70. The van der Waals surface area contributed by atoms with Crippen LogP contribution < -0.4 is 10.6 Å². The summed E-state index contributed by atoms with van der Waals surface area (Å²) in [7, 11) is 1.46. The number of aliphatic hydroxyl groups is 1. The molecule has 1 fully saturated rings. The van der Waals surface area contributed by atoms with E-state index in [9.17, 15) is 14.7 Å². The highest BCUT2D eigenvalue weighted by molar-refractivity contribution is 5.95. The number of imide groups is 1. The monoisotopic (exact) mass is 229 g/mol. The lowest BCUT2D eigenvalue weighted by molar-refractivity contribution is -0.121. The average Bonchev–Trinajstić information content (AvgIpc) is 2.58. The summed E-state index contributed by atoms with van der Waals surface area (Å²) in [4.78, 5) is 24.2. The first-order valence-electron chi connectivity index (χ1n) is 5.45. The van der Waals surface area contributed by atoms with Crippen LogP contribution in [-0.4, -0.2) is 54.7 Å². The number of rotatable bonds is 3. The SMILES string of the molecule is CNC(=O)NC(=O)CN1CCC(C)C1CO. The normalized spacial score (nSPS) is 25.4. The van der Waals surface area contributed by atoms with Crippen LogP contribution in [0.4, 0.5) is 4.79 Å². The molecule has 1 heterocycles. The van der Waals surface area contributed by atoms with Crippen molar-refractivity contribution in [3.8, 4) is 0 Å². The fraction of sp³-hybridized carbons (Fsp3) is 0.800. The second-order valence-corrected chi connectivity index (χ2v) is 4.11. The van der Waals surface area contributed by atoms with Crippen molar-refractivity contribution in [1.82, 2.24) is 15.5 Å². The smallest absolute Gasteiger partial charge is 0.321 e. The molecule has 0 aromatic rings. The topological polar surface area (TPSA) is 81.7 Å². The number of hydrogen-bond donors (Lipinski definition) is 3. The van der Waals surface area contributed by atoms with Gasteiger partial charge in [-0.1, -0.05) is 6.92 Å². The van der Waals surface area contributed by atoms with Crippen LogP contribution in [0.2, 0.25) is 0 Å². The lowest BCUT2D eigenvalue weighted by atomic mass is 10.0. The molecule has 6 heteroatoms. The number of urea groups is 1. The molecular formula is C10H19N3O3. The maximum Gasteiger partial charge on any atom is 0.321 e. The summed E-state index contributed by atoms with van der Waals surface area (Å²) >= 11 is 0. The first-order chi connectivity index (χ1) is 7.58. The Balaban J connectivity index is 2.42. The van der Waals surface area contributed by atoms with Gasteiger partial charge in [0.05, 0.1) is 13.2 Å². The van der Waals surface area contributed by atoms with Crippen LogP contribution in [0.3, 0.4) is 0 Å². The minimum Gasteiger partial charge on any atom is -0.395 e. The molecule has 0 aromatic heterocycles. The number of carbonyl (C=O) groups excluding carboxylic acids is 2. The Morgan fingerprint density at radius 3 is 2.75 bits per heavy atom. The molecule has 0 aliphatic carbocycles. The minimum absolute atomic E-state index is 0.0236. The molecule has 16 heavy (non-hydrogen) atoms. The van der Waals surface area contributed by atoms with Gasteiger partial charge in [0, 0.05) is 13.1 Å². The van der Waals surface area contributed by atoms with Gasteiger partial charge in [-0.2, -0.15) is 0 Å². The van der Waals surface area contributed by atoms with Gasteiger partial charge in [0.1, 0.15) is 0 Å². The van der Waals surface area contributed by atoms with E-state index in [4.69, 9.17) is 0 Å². The fourth-order valence-electron chi connectivity index (χ4n) is 1.99. The summed E-state index contributed by atoms with van der Waals surface area (Å²) in [6, 6.07) is -0.478. The summed E-state index contributed by atoms with van der Waals surface area (Å²) in [6.07, 6.45) is 0.971.